The van der Waals surface area contributed by atoms with Gasteiger partial charge in [-0.25, -0.2) is 4.98 Å². The molecule has 5 nitrogen and oxygen atoms in total. The largest absolute Gasteiger partial charge is 0.357 e. The second-order valence-corrected chi connectivity index (χ2v) is 12.4. The van der Waals surface area contributed by atoms with E-state index >= 15 is 0 Å². The predicted octanol–water partition coefficient (Wildman–Crippen LogP) is 4.84. The van der Waals surface area contributed by atoms with E-state index in [-0.39, 0.29) is 0 Å². The summed E-state index contributed by atoms with van der Waals surface area (Å²) in [6.45, 7) is 11.1. The molecule has 4 saturated heterocycles. The Kier molecular flexibility index (Phi) is 6.88. The number of rotatable bonds is 4. The minimum absolute atomic E-state index is 0.555. The van der Waals surface area contributed by atoms with Crippen LogP contribution in [0.15, 0.2) is 18.3 Å². The molecule has 34 heavy (non-hydrogen) atoms. The van der Waals surface area contributed by atoms with Crippen molar-refractivity contribution in [2.45, 2.75) is 95.7 Å². The van der Waals surface area contributed by atoms with Crippen LogP contribution in [0.3, 0.4) is 0 Å². The van der Waals surface area contributed by atoms with Gasteiger partial charge in [-0.2, -0.15) is 0 Å². The summed E-state index contributed by atoms with van der Waals surface area (Å²) >= 11 is 0. The summed E-state index contributed by atoms with van der Waals surface area (Å²) in [5, 5.41) is 3.55. The molecule has 1 aromatic rings. The first-order chi connectivity index (χ1) is 16.7. The lowest BCUT2D eigenvalue weighted by molar-refractivity contribution is 0.0305. The molecule has 6 rings (SSSR count). The average Bonchev–Trinajstić information content (AvgIpc) is 2.86. The van der Waals surface area contributed by atoms with Gasteiger partial charge in [0.2, 0.25) is 0 Å². The van der Waals surface area contributed by atoms with Crippen LogP contribution in [0.1, 0.15) is 89.2 Å². The van der Waals surface area contributed by atoms with Gasteiger partial charge in [0.05, 0.1) is 0 Å². The maximum absolute atomic E-state index is 5.05. The van der Waals surface area contributed by atoms with Gasteiger partial charge in [-0.3, -0.25) is 4.90 Å². The molecule has 5 aliphatic rings. The maximum atomic E-state index is 5.05. The molecule has 1 saturated carbocycles. The Hall–Kier alpha value is -1.17. The van der Waals surface area contributed by atoms with Crippen molar-refractivity contribution in [1.82, 2.24) is 20.1 Å². The molecule has 5 heteroatoms. The first-order valence-electron chi connectivity index (χ1n) is 14.6. The van der Waals surface area contributed by atoms with E-state index in [4.69, 9.17) is 4.98 Å². The van der Waals surface area contributed by atoms with Crippen molar-refractivity contribution in [2.24, 2.45) is 11.3 Å². The summed E-state index contributed by atoms with van der Waals surface area (Å²) in [5.41, 5.74) is 2.07. The van der Waals surface area contributed by atoms with E-state index < -0.39 is 0 Å². The molecule has 0 bridgehead atoms. The highest BCUT2D eigenvalue weighted by Gasteiger charge is 2.40. The number of likely N-dealkylation sites (tertiary alicyclic amines) is 2. The van der Waals surface area contributed by atoms with Crippen LogP contribution in [0.25, 0.3) is 0 Å². The molecule has 5 fully saturated rings. The third kappa shape index (κ3) is 4.77. The minimum Gasteiger partial charge on any atom is -0.357 e. The van der Waals surface area contributed by atoms with Crippen LogP contribution in [-0.4, -0.2) is 72.7 Å². The van der Waals surface area contributed by atoms with Gasteiger partial charge in [-0.15, -0.1) is 0 Å². The van der Waals surface area contributed by atoms with Gasteiger partial charge >= 0.3 is 0 Å². The zero-order valence-corrected chi connectivity index (χ0v) is 21.6. The SMILES string of the molecule is CC1CCN(C2CCNCC2)[C@@H](c2ccc(N3CCC4(CC3)CCN(C3CCC3)CC4)nc2)C1. The smallest absolute Gasteiger partial charge is 0.128 e. The number of hydrogen-bond acceptors (Lipinski definition) is 5. The van der Waals surface area contributed by atoms with Gasteiger partial charge < -0.3 is 15.1 Å². The Labute approximate surface area is 207 Å². The van der Waals surface area contributed by atoms with Crippen LogP contribution >= 0.6 is 0 Å². The monoisotopic (exact) mass is 465 g/mol. The van der Waals surface area contributed by atoms with Crippen LogP contribution in [-0.2, 0) is 0 Å². The van der Waals surface area contributed by atoms with Gasteiger partial charge in [-0.1, -0.05) is 19.4 Å². The molecule has 1 spiro atoms. The number of hydrogen-bond donors (Lipinski definition) is 1. The molecule has 188 valence electrons. The van der Waals surface area contributed by atoms with Gasteiger partial charge in [0.25, 0.3) is 0 Å². The fourth-order valence-electron chi connectivity index (χ4n) is 7.67. The zero-order chi connectivity index (χ0) is 23.0. The highest BCUT2D eigenvalue weighted by molar-refractivity contribution is 5.40. The molecule has 4 aliphatic heterocycles. The highest BCUT2D eigenvalue weighted by Crippen LogP contribution is 2.44. The highest BCUT2D eigenvalue weighted by atomic mass is 15.2. The number of piperidine rings is 4. The number of nitrogens with zero attached hydrogens (tertiary/aromatic N) is 4. The number of nitrogens with one attached hydrogen (secondary N) is 1. The minimum atomic E-state index is 0.555. The third-order valence-electron chi connectivity index (χ3n) is 10.4. The first-order valence-corrected chi connectivity index (χ1v) is 14.6. The summed E-state index contributed by atoms with van der Waals surface area (Å²) in [7, 11) is 0. The van der Waals surface area contributed by atoms with Crippen LogP contribution in [0, 0.1) is 11.3 Å². The third-order valence-corrected chi connectivity index (χ3v) is 10.4. The molecular formula is C29H47N5. The summed E-state index contributed by atoms with van der Waals surface area (Å²) in [4.78, 5) is 13.3. The molecule has 1 aliphatic carbocycles. The number of aromatic nitrogens is 1. The Bertz CT molecular complexity index is 781. The second kappa shape index (κ2) is 10.1. The molecule has 1 N–H and O–H groups in total. The Morgan fingerprint density at radius 2 is 1.59 bits per heavy atom. The van der Waals surface area contributed by atoms with E-state index in [0.717, 1.165) is 18.0 Å². The topological polar surface area (TPSA) is 34.6 Å². The number of pyridine rings is 1. The molecule has 0 radical (unpaired) electrons. The maximum Gasteiger partial charge on any atom is 0.128 e. The predicted molar refractivity (Wildman–Crippen MR) is 140 cm³/mol. The Balaban J connectivity index is 1.06. The Morgan fingerprint density at radius 3 is 2.24 bits per heavy atom. The van der Waals surface area contributed by atoms with Crippen molar-refractivity contribution in [3.05, 3.63) is 23.9 Å². The summed E-state index contributed by atoms with van der Waals surface area (Å²) in [6.07, 6.45) is 17.4. The molecule has 0 aromatic carbocycles. The fraction of sp³-hybridized carbons (Fsp3) is 0.828. The quantitative estimate of drug-likeness (QED) is 0.688. The lowest BCUT2D eigenvalue weighted by Gasteiger charge is -2.50. The summed E-state index contributed by atoms with van der Waals surface area (Å²) < 4.78 is 0. The van der Waals surface area contributed by atoms with Crippen molar-refractivity contribution in [1.29, 1.82) is 0 Å². The first kappa shape index (κ1) is 23.2. The van der Waals surface area contributed by atoms with Crippen molar-refractivity contribution in [3.63, 3.8) is 0 Å². The van der Waals surface area contributed by atoms with E-state index in [0.29, 0.717) is 11.5 Å². The van der Waals surface area contributed by atoms with Crippen LogP contribution in [0.5, 0.6) is 0 Å². The van der Waals surface area contributed by atoms with Gasteiger partial charge in [0.1, 0.15) is 5.82 Å². The molecular weight excluding hydrogens is 418 g/mol. The van der Waals surface area contributed by atoms with Crippen LogP contribution in [0.2, 0.25) is 0 Å². The van der Waals surface area contributed by atoms with Crippen molar-refractivity contribution < 1.29 is 0 Å². The molecule has 1 aromatic heterocycles. The lowest BCUT2D eigenvalue weighted by atomic mass is 9.70. The lowest BCUT2D eigenvalue weighted by Crippen LogP contribution is -2.51. The van der Waals surface area contributed by atoms with Gasteiger partial charge in [0, 0.05) is 37.4 Å². The zero-order valence-electron chi connectivity index (χ0n) is 21.6. The normalized spacial score (nSPS) is 32.1. The van der Waals surface area contributed by atoms with Crippen LogP contribution in [0.4, 0.5) is 5.82 Å². The van der Waals surface area contributed by atoms with Gasteiger partial charge in [0.15, 0.2) is 0 Å². The molecule has 5 heterocycles. The van der Waals surface area contributed by atoms with E-state index in [1.807, 2.05) is 0 Å². The summed E-state index contributed by atoms with van der Waals surface area (Å²) in [6, 6.07) is 6.98. The van der Waals surface area contributed by atoms with Gasteiger partial charge in [-0.05, 0) is 120 Å². The van der Waals surface area contributed by atoms with Crippen molar-refractivity contribution in [3.8, 4) is 0 Å². The standard InChI is InChI=1S/C29H47N5/c1-23-9-16-34(26-7-14-30-15-8-26)27(21-23)24-5-6-28(31-22-24)33-19-12-29(13-20-33)10-17-32(18-11-29)25-3-2-4-25/h5-6,22-23,25-27,30H,2-4,7-21H2,1H3/t23?,27-/m1/s1. The fourth-order valence-corrected chi connectivity index (χ4v) is 7.67. The molecule has 0 amide bonds. The molecule has 2 atom stereocenters. The number of anilines is 1. The molecule has 1 unspecified atom stereocenters. The van der Waals surface area contributed by atoms with E-state index in [1.54, 1.807) is 0 Å². The van der Waals surface area contributed by atoms with Crippen molar-refractivity contribution in [2.75, 3.05) is 50.7 Å². The second-order valence-electron chi connectivity index (χ2n) is 12.4. The van der Waals surface area contributed by atoms with E-state index in [2.05, 4.69) is 45.3 Å². The average molecular weight is 466 g/mol. The van der Waals surface area contributed by atoms with E-state index in [1.165, 1.54) is 128 Å². The summed E-state index contributed by atoms with van der Waals surface area (Å²) in [5.74, 6) is 2.03. The Morgan fingerprint density at radius 1 is 0.853 bits per heavy atom. The van der Waals surface area contributed by atoms with E-state index in [9.17, 15) is 0 Å². The van der Waals surface area contributed by atoms with Crippen LogP contribution < -0.4 is 10.2 Å². The van der Waals surface area contributed by atoms with Crippen molar-refractivity contribution >= 4 is 5.82 Å².